The fourth-order valence-corrected chi connectivity index (χ4v) is 2.54. The average molecular weight is 255 g/mol. The number of nitrogen functional groups attached to an aromatic ring is 1. The number of rotatable bonds is 3. The summed E-state index contributed by atoms with van der Waals surface area (Å²) in [5.74, 6) is 1.82. The molecule has 0 radical (unpaired) electrons. The summed E-state index contributed by atoms with van der Waals surface area (Å²) in [7, 11) is 0. The van der Waals surface area contributed by atoms with Gasteiger partial charge in [0.2, 0.25) is 5.95 Å². The van der Waals surface area contributed by atoms with Crippen molar-refractivity contribution in [2.24, 2.45) is 5.92 Å². The first kappa shape index (κ1) is 12.4. The van der Waals surface area contributed by atoms with Crippen LogP contribution in [0.4, 0.5) is 11.8 Å². The van der Waals surface area contributed by atoms with Crippen LogP contribution in [0, 0.1) is 5.92 Å². The molecule has 0 amide bonds. The van der Waals surface area contributed by atoms with Crippen molar-refractivity contribution in [1.29, 1.82) is 0 Å². The van der Waals surface area contributed by atoms with Gasteiger partial charge in [0.05, 0.1) is 6.20 Å². The molecule has 1 aliphatic carbocycles. The molecule has 1 heterocycles. The fraction of sp³-hybridized carbons (Fsp3) is 0.667. The molecule has 3 N–H and O–H groups in total. The lowest BCUT2D eigenvalue weighted by atomic mass is 9.84. The van der Waals surface area contributed by atoms with Crippen LogP contribution >= 0.6 is 11.6 Å². The van der Waals surface area contributed by atoms with E-state index in [0.717, 1.165) is 5.92 Å². The zero-order valence-electron chi connectivity index (χ0n) is 10.1. The predicted molar refractivity (Wildman–Crippen MR) is 71.1 cm³/mol. The molecule has 94 valence electrons. The van der Waals surface area contributed by atoms with Crippen molar-refractivity contribution in [3.05, 3.63) is 11.2 Å². The molecule has 0 unspecified atom stereocenters. The van der Waals surface area contributed by atoms with E-state index in [-0.39, 0.29) is 5.95 Å². The summed E-state index contributed by atoms with van der Waals surface area (Å²) >= 11 is 6.03. The summed E-state index contributed by atoms with van der Waals surface area (Å²) in [4.78, 5) is 7.98. The maximum atomic E-state index is 6.03. The van der Waals surface area contributed by atoms with Gasteiger partial charge >= 0.3 is 0 Å². The van der Waals surface area contributed by atoms with Gasteiger partial charge in [0.15, 0.2) is 5.82 Å². The first-order valence-electron chi connectivity index (χ1n) is 6.23. The zero-order valence-corrected chi connectivity index (χ0v) is 10.9. The van der Waals surface area contributed by atoms with Crippen molar-refractivity contribution in [2.45, 2.75) is 45.1 Å². The van der Waals surface area contributed by atoms with Crippen molar-refractivity contribution in [3.63, 3.8) is 0 Å². The summed E-state index contributed by atoms with van der Waals surface area (Å²) in [6.45, 7) is 2.26. The van der Waals surface area contributed by atoms with E-state index in [1.54, 1.807) is 6.20 Å². The van der Waals surface area contributed by atoms with E-state index in [1.165, 1.54) is 32.1 Å². The van der Waals surface area contributed by atoms with Crippen molar-refractivity contribution in [2.75, 3.05) is 11.1 Å². The fourth-order valence-electron chi connectivity index (χ4n) is 2.39. The van der Waals surface area contributed by atoms with Gasteiger partial charge in [-0.3, -0.25) is 0 Å². The number of nitrogens with one attached hydrogen (secondary N) is 1. The lowest BCUT2D eigenvalue weighted by Gasteiger charge is -2.28. The Morgan fingerprint density at radius 3 is 2.76 bits per heavy atom. The largest absolute Gasteiger partial charge is 0.368 e. The molecular formula is C12H19ClN4. The maximum Gasteiger partial charge on any atom is 0.222 e. The molecule has 1 fully saturated rings. The molecule has 0 saturated heterocycles. The third-order valence-corrected chi connectivity index (χ3v) is 3.80. The van der Waals surface area contributed by atoms with E-state index in [4.69, 9.17) is 17.3 Å². The quantitative estimate of drug-likeness (QED) is 0.870. The summed E-state index contributed by atoms with van der Waals surface area (Å²) < 4.78 is 0. The van der Waals surface area contributed by atoms with Gasteiger partial charge in [0, 0.05) is 6.04 Å². The van der Waals surface area contributed by atoms with Gasteiger partial charge < -0.3 is 11.1 Å². The van der Waals surface area contributed by atoms with Crippen LogP contribution in [-0.4, -0.2) is 16.0 Å². The molecule has 0 aromatic carbocycles. The highest BCUT2D eigenvalue weighted by molar-refractivity contribution is 6.32. The number of aromatic nitrogens is 2. The van der Waals surface area contributed by atoms with Crippen LogP contribution in [-0.2, 0) is 0 Å². The molecule has 0 spiro atoms. The second-order valence-corrected chi connectivity index (χ2v) is 5.10. The van der Waals surface area contributed by atoms with Crippen molar-refractivity contribution in [3.8, 4) is 0 Å². The summed E-state index contributed by atoms with van der Waals surface area (Å²) in [5, 5.41) is 3.91. The zero-order chi connectivity index (χ0) is 12.3. The molecule has 1 aromatic rings. The van der Waals surface area contributed by atoms with Crippen LogP contribution in [0.3, 0.4) is 0 Å². The normalized spacial score (nSPS) is 24.6. The van der Waals surface area contributed by atoms with Gasteiger partial charge in [0.25, 0.3) is 0 Å². The van der Waals surface area contributed by atoms with E-state index >= 15 is 0 Å². The minimum Gasteiger partial charge on any atom is -0.368 e. The third kappa shape index (κ3) is 3.22. The molecular weight excluding hydrogens is 236 g/mol. The maximum absolute atomic E-state index is 6.03. The number of hydrogen-bond donors (Lipinski definition) is 2. The summed E-state index contributed by atoms with van der Waals surface area (Å²) in [5.41, 5.74) is 5.56. The Kier molecular flexibility index (Phi) is 4.05. The highest BCUT2D eigenvalue weighted by Gasteiger charge is 2.20. The molecule has 1 aromatic heterocycles. The highest BCUT2D eigenvalue weighted by atomic mass is 35.5. The monoisotopic (exact) mass is 254 g/mol. The van der Waals surface area contributed by atoms with Crippen LogP contribution in [0.25, 0.3) is 0 Å². The number of hydrogen-bond acceptors (Lipinski definition) is 4. The Hall–Kier alpha value is -1.03. The Bertz CT molecular complexity index is 375. The topological polar surface area (TPSA) is 63.8 Å². The highest BCUT2D eigenvalue weighted by Crippen LogP contribution is 2.29. The SMILES string of the molecule is CCC1CCC(Nc2nc(N)ncc2Cl)CC1. The minimum absolute atomic E-state index is 0.263. The van der Waals surface area contributed by atoms with Crippen molar-refractivity contribution < 1.29 is 0 Å². The number of nitrogens with two attached hydrogens (primary N) is 1. The number of nitrogens with zero attached hydrogens (tertiary/aromatic N) is 2. The van der Waals surface area contributed by atoms with Gasteiger partial charge in [-0.15, -0.1) is 0 Å². The summed E-state index contributed by atoms with van der Waals surface area (Å²) in [6, 6.07) is 0.463. The summed E-state index contributed by atoms with van der Waals surface area (Å²) in [6.07, 6.45) is 7.76. The number of anilines is 2. The Labute approximate surface area is 107 Å². The first-order valence-corrected chi connectivity index (χ1v) is 6.61. The van der Waals surface area contributed by atoms with E-state index in [1.807, 2.05) is 0 Å². The minimum atomic E-state index is 0.263. The molecule has 4 nitrogen and oxygen atoms in total. The smallest absolute Gasteiger partial charge is 0.222 e. The third-order valence-electron chi connectivity index (χ3n) is 3.53. The van der Waals surface area contributed by atoms with Gasteiger partial charge in [-0.25, -0.2) is 4.98 Å². The number of halogens is 1. The van der Waals surface area contributed by atoms with Crippen LogP contribution in [0.1, 0.15) is 39.0 Å². The van der Waals surface area contributed by atoms with E-state index in [9.17, 15) is 0 Å². The van der Waals surface area contributed by atoms with Gasteiger partial charge in [0.1, 0.15) is 5.02 Å². The second kappa shape index (κ2) is 5.54. The molecule has 0 aliphatic heterocycles. The van der Waals surface area contributed by atoms with Crippen molar-refractivity contribution >= 4 is 23.4 Å². The second-order valence-electron chi connectivity index (χ2n) is 4.69. The Balaban J connectivity index is 1.95. The van der Waals surface area contributed by atoms with Gasteiger partial charge in [-0.2, -0.15) is 4.98 Å². The van der Waals surface area contributed by atoms with Crippen LogP contribution < -0.4 is 11.1 Å². The van der Waals surface area contributed by atoms with E-state index in [2.05, 4.69) is 22.2 Å². The lowest BCUT2D eigenvalue weighted by molar-refractivity contribution is 0.330. The molecule has 2 rings (SSSR count). The molecule has 5 heteroatoms. The van der Waals surface area contributed by atoms with Gasteiger partial charge in [-0.1, -0.05) is 24.9 Å². The standard InChI is InChI=1S/C12H19ClN4/c1-2-8-3-5-9(6-4-8)16-11-10(13)7-15-12(14)17-11/h7-9H,2-6H2,1H3,(H3,14,15,16,17). The van der Waals surface area contributed by atoms with E-state index < -0.39 is 0 Å². The van der Waals surface area contributed by atoms with Crippen LogP contribution in [0.15, 0.2) is 6.20 Å². The average Bonchev–Trinajstić information content (AvgIpc) is 2.35. The van der Waals surface area contributed by atoms with Crippen LogP contribution in [0.5, 0.6) is 0 Å². The van der Waals surface area contributed by atoms with Gasteiger partial charge in [-0.05, 0) is 31.6 Å². The Morgan fingerprint density at radius 1 is 1.41 bits per heavy atom. The van der Waals surface area contributed by atoms with E-state index in [0.29, 0.717) is 16.9 Å². The molecule has 17 heavy (non-hydrogen) atoms. The lowest BCUT2D eigenvalue weighted by Crippen LogP contribution is -2.26. The molecule has 1 aliphatic rings. The van der Waals surface area contributed by atoms with Crippen LogP contribution in [0.2, 0.25) is 5.02 Å². The predicted octanol–water partition coefficient (Wildman–Crippen LogP) is 3.09. The molecule has 1 saturated carbocycles. The molecule has 0 bridgehead atoms. The first-order chi connectivity index (χ1) is 8.19. The van der Waals surface area contributed by atoms with Crippen molar-refractivity contribution in [1.82, 2.24) is 9.97 Å². The Morgan fingerprint density at radius 2 is 2.12 bits per heavy atom. The molecule has 0 atom stereocenters.